The number of Topliss-reactive ketones (excluding diaryl/α,β-unsaturated/α-hetero) is 1. The monoisotopic (exact) mass is 575 g/mol. The molecule has 1 aromatic heterocycles. The van der Waals surface area contributed by atoms with Gasteiger partial charge in [-0.05, 0) is 31.2 Å². The summed E-state index contributed by atoms with van der Waals surface area (Å²) in [4.78, 5) is 37.7. The van der Waals surface area contributed by atoms with Crippen molar-refractivity contribution >= 4 is 23.7 Å². The van der Waals surface area contributed by atoms with Gasteiger partial charge in [-0.25, -0.2) is 9.59 Å². The number of nitrogens with zero attached hydrogens (tertiary/aromatic N) is 2. The van der Waals surface area contributed by atoms with E-state index in [4.69, 9.17) is 13.9 Å². The van der Waals surface area contributed by atoms with Gasteiger partial charge in [-0.2, -0.15) is 0 Å². The summed E-state index contributed by atoms with van der Waals surface area (Å²) in [7, 11) is 1.42. The van der Waals surface area contributed by atoms with Gasteiger partial charge in [-0.15, -0.1) is 5.10 Å². The molecule has 2 saturated heterocycles. The third-order valence-electron chi connectivity index (χ3n) is 7.93. The van der Waals surface area contributed by atoms with Crippen molar-refractivity contribution in [2.75, 3.05) is 12.4 Å². The number of benzene rings is 1. The van der Waals surface area contributed by atoms with E-state index in [0.29, 0.717) is 12.0 Å². The Kier molecular flexibility index (Phi) is 8.08. The highest BCUT2D eigenvalue weighted by atomic mass is 16.8. The molecule has 222 valence electrons. The van der Waals surface area contributed by atoms with Crippen LogP contribution in [0.1, 0.15) is 44.2 Å². The highest BCUT2D eigenvalue weighted by molar-refractivity contribution is 5.93. The number of carbonyl (C=O) groups is 3. The molecular weight excluding hydrogens is 542 g/mol. The van der Waals surface area contributed by atoms with Crippen LogP contribution in [0.5, 0.6) is 0 Å². The van der Waals surface area contributed by atoms with Gasteiger partial charge in [0.2, 0.25) is 11.2 Å². The number of carbonyl (C=O) groups excluding carboxylic acids is 1. The molecule has 6 N–H and O–H groups in total. The first-order chi connectivity index (χ1) is 19.2. The zero-order valence-corrected chi connectivity index (χ0v) is 22.7. The van der Waals surface area contributed by atoms with E-state index >= 15 is 0 Å². The molecule has 0 amide bonds. The molecule has 2 aliphatic heterocycles. The number of ether oxygens (including phenoxy) is 2. The first-order valence-electron chi connectivity index (χ1n) is 12.9. The first-order valence-corrected chi connectivity index (χ1v) is 12.9. The van der Waals surface area contributed by atoms with Gasteiger partial charge in [0.15, 0.2) is 11.9 Å². The minimum absolute atomic E-state index is 0.0628. The van der Waals surface area contributed by atoms with Gasteiger partial charge in [-0.1, -0.05) is 54.5 Å². The van der Waals surface area contributed by atoms with Crippen LogP contribution >= 0.6 is 0 Å². The van der Waals surface area contributed by atoms with Gasteiger partial charge in [0.1, 0.15) is 18.0 Å². The molecule has 2 bridgehead atoms. The Morgan fingerprint density at radius 3 is 2.29 bits per heavy atom. The van der Waals surface area contributed by atoms with Crippen LogP contribution in [-0.4, -0.2) is 89.7 Å². The van der Waals surface area contributed by atoms with E-state index in [1.54, 1.807) is 0 Å². The Hall–Kier alpha value is -3.69. The van der Waals surface area contributed by atoms with Crippen molar-refractivity contribution < 1.29 is 53.8 Å². The molecule has 2 aromatic rings. The number of aliphatic hydroxyl groups is 3. The quantitative estimate of drug-likeness (QED) is 0.192. The molecule has 0 spiro atoms. The van der Waals surface area contributed by atoms with Crippen molar-refractivity contribution in [3.05, 3.63) is 53.9 Å². The topological polar surface area (TPSA) is 222 Å². The van der Waals surface area contributed by atoms with E-state index < -0.39 is 59.0 Å². The Morgan fingerprint density at radius 1 is 1.10 bits per heavy atom. The summed E-state index contributed by atoms with van der Waals surface area (Å²) in [5.41, 5.74) is -5.41. The maximum absolute atomic E-state index is 12.7. The second kappa shape index (κ2) is 10.9. The molecule has 14 nitrogen and oxygen atoms in total. The summed E-state index contributed by atoms with van der Waals surface area (Å²) in [5.74, 6) is -8.23. The van der Waals surface area contributed by atoms with Crippen molar-refractivity contribution in [1.29, 1.82) is 0 Å². The van der Waals surface area contributed by atoms with Crippen LogP contribution in [0.25, 0.3) is 0 Å². The Balaban J connectivity index is 1.69. The molecule has 0 unspecified atom stereocenters. The number of aromatic nitrogens is 2. The number of allylic oxidation sites excluding steroid dienone is 1. The number of hydrogen-bond donors (Lipinski definition) is 6. The minimum Gasteiger partial charge on any atom is -0.479 e. The summed E-state index contributed by atoms with van der Waals surface area (Å²) < 4.78 is 16.7. The van der Waals surface area contributed by atoms with Crippen molar-refractivity contribution in [1.82, 2.24) is 10.2 Å². The van der Waals surface area contributed by atoms with Crippen LogP contribution in [-0.2, 0) is 30.3 Å². The lowest BCUT2D eigenvalue weighted by Gasteiger charge is -2.49. The van der Waals surface area contributed by atoms with E-state index in [0.717, 1.165) is 5.56 Å². The summed E-state index contributed by atoms with van der Waals surface area (Å²) in [6, 6.07) is 9.30. The largest absolute Gasteiger partial charge is 0.479 e. The van der Waals surface area contributed by atoms with Crippen molar-refractivity contribution in [3.8, 4) is 0 Å². The van der Waals surface area contributed by atoms with Crippen molar-refractivity contribution in [3.63, 3.8) is 0 Å². The predicted octanol–water partition coefficient (Wildman–Crippen LogP) is 0.690. The molecule has 14 heteroatoms. The average Bonchev–Trinajstić information content (AvgIpc) is 3.47. The number of hydrogen-bond acceptors (Lipinski definition) is 12. The molecule has 1 aromatic carbocycles. The highest BCUT2D eigenvalue weighted by Crippen LogP contribution is 2.58. The van der Waals surface area contributed by atoms with Crippen molar-refractivity contribution in [2.24, 2.45) is 11.8 Å². The van der Waals surface area contributed by atoms with Crippen LogP contribution in [0.2, 0.25) is 0 Å². The Morgan fingerprint density at radius 2 is 1.76 bits per heavy atom. The van der Waals surface area contributed by atoms with Gasteiger partial charge >= 0.3 is 18.0 Å². The summed E-state index contributed by atoms with van der Waals surface area (Å²) in [6.45, 7) is 7.37. The fourth-order valence-corrected chi connectivity index (χ4v) is 5.95. The zero-order valence-electron chi connectivity index (χ0n) is 22.7. The fraction of sp³-hybridized carbons (Fsp3) is 0.519. The van der Waals surface area contributed by atoms with Crippen LogP contribution in [0.4, 0.5) is 6.01 Å². The third kappa shape index (κ3) is 4.71. The maximum atomic E-state index is 12.7. The molecule has 0 saturated carbocycles. The highest BCUT2D eigenvalue weighted by Gasteiger charge is 2.84. The molecular formula is C27H33N3O11. The van der Waals surface area contributed by atoms with Crippen LogP contribution in [0.3, 0.4) is 0 Å². The lowest BCUT2D eigenvalue weighted by Crippen LogP contribution is -2.73. The van der Waals surface area contributed by atoms with Gasteiger partial charge in [0.25, 0.3) is 5.89 Å². The summed E-state index contributed by atoms with van der Waals surface area (Å²) in [6.07, 6.45) is -6.68. The molecule has 0 radical (unpaired) electrons. The average molecular weight is 576 g/mol. The smallest absolute Gasteiger partial charge is 0.342 e. The Labute approximate surface area is 234 Å². The molecule has 4 rings (SSSR count). The summed E-state index contributed by atoms with van der Waals surface area (Å²) >= 11 is 0. The van der Waals surface area contributed by atoms with Gasteiger partial charge in [0.05, 0.1) is 0 Å². The van der Waals surface area contributed by atoms with Crippen LogP contribution in [0.15, 0.2) is 46.9 Å². The normalized spacial score (nSPS) is 32.2. The number of nitrogens with one attached hydrogen (secondary N) is 1. The third-order valence-corrected chi connectivity index (χ3v) is 7.93. The van der Waals surface area contributed by atoms with E-state index in [-0.39, 0.29) is 30.6 Å². The maximum Gasteiger partial charge on any atom is 0.342 e. The predicted molar refractivity (Wildman–Crippen MR) is 138 cm³/mol. The standard InChI is InChI=1S/C27H33N3O11/c1-13(17(15(3)31)14(2)12-16-8-6-5-7-9-16)10-11-25-18(32)19(33)27(41-25,23(36)37)26(38,22(34)35)20(40-25)21-29-30-24(28-4)39-21/h5-9,14,17-20,32-33,38H,1,10-12H2,2-4H3,(H,28,30)(H,34,35)(H,36,37)/t14-,17-,18-,19-,20-,25+,26-,27+/m1/s1. The van der Waals surface area contributed by atoms with Gasteiger partial charge in [0, 0.05) is 19.4 Å². The number of ketones is 1. The lowest BCUT2D eigenvalue weighted by atomic mass is 9.74. The SMILES string of the molecule is C=C(CC[C@]12O[C@H](c3nnc(NC)o3)[C@@](O)(C(=O)O)[C@](C(=O)O)(O1)[C@H](O)[C@H]2O)[C@@H](C(C)=O)[C@H](C)Cc1ccccc1. The summed E-state index contributed by atoms with van der Waals surface area (Å²) in [5, 5.41) is 63.4. The van der Waals surface area contributed by atoms with Gasteiger partial charge < -0.3 is 44.7 Å². The number of anilines is 1. The number of rotatable bonds is 12. The molecule has 0 aliphatic carbocycles. The van der Waals surface area contributed by atoms with E-state index in [1.807, 2.05) is 37.3 Å². The lowest BCUT2D eigenvalue weighted by molar-refractivity contribution is -0.385. The molecule has 2 aliphatic rings. The molecule has 8 atom stereocenters. The second-order valence-corrected chi connectivity index (χ2v) is 10.5. The van der Waals surface area contributed by atoms with E-state index in [9.17, 15) is 39.9 Å². The van der Waals surface area contributed by atoms with Crippen LogP contribution in [0, 0.1) is 11.8 Å². The number of fused-ring (bicyclic) bond motifs is 2. The molecule has 2 fully saturated rings. The first kappa shape index (κ1) is 30.3. The fourth-order valence-electron chi connectivity index (χ4n) is 5.95. The second-order valence-electron chi connectivity index (χ2n) is 10.5. The number of aliphatic carboxylic acids is 2. The van der Waals surface area contributed by atoms with Crippen LogP contribution < -0.4 is 5.32 Å². The van der Waals surface area contributed by atoms with Gasteiger partial charge in [-0.3, -0.25) is 4.79 Å². The van der Waals surface area contributed by atoms with Crippen molar-refractivity contribution in [2.45, 2.75) is 68.4 Å². The number of aliphatic hydroxyl groups excluding tert-OH is 2. The number of carboxylic acid groups (broad SMARTS) is 2. The molecule has 41 heavy (non-hydrogen) atoms. The minimum atomic E-state index is -3.53. The van der Waals surface area contributed by atoms with E-state index in [2.05, 4.69) is 22.1 Å². The molecule has 3 heterocycles. The zero-order chi connectivity index (χ0) is 30.3. The van der Waals surface area contributed by atoms with E-state index in [1.165, 1.54) is 14.0 Å². The Bertz CT molecular complexity index is 1330. The number of carboxylic acids is 2.